The number of aliphatic carboxylic acids is 1. The van der Waals surface area contributed by atoms with E-state index in [1.165, 1.54) is 6.07 Å². The zero-order valence-corrected chi connectivity index (χ0v) is 10.8. The molecule has 0 aliphatic heterocycles. The number of benzene rings is 1. The average Bonchev–Trinajstić information content (AvgIpc) is 2.75. The van der Waals surface area contributed by atoms with Crippen molar-refractivity contribution in [2.75, 3.05) is 5.32 Å². The number of nitrogens with one attached hydrogen (secondary N) is 1. The highest BCUT2D eigenvalue weighted by Crippen LogP contribution is 2.33. The molecule has 0 aromatic heterocycles. The summed E-state index contributed by atoms with van der Waals surface area (Å²) in [5, 5.41) is 11.7. The molecule has 1 aromatic carbocycles. The predicted molar refractivity (Wildman–Crippen MR) is 68.5 cm³/mol. The van der Waals surface area contributed by atoms with E-state index in [0.717, 1.165) is 12.1 Å². The van der Waals surface area contributed by atoms with Crippen LogP contribution in [0.1, 0.15) is 19.3 Å². The first-order chi connectivity index (χ1) is 8.97. The van der Waals surface area contributed by atoms with E-state index in [-0.39, 0.29) is 10.7 Å². The van der Waals surface area contributed by atoms with Crippen LogP contribution in [0.5, 0.6) is 0 Å². The van der Waals surface area contributed by atoms with Crippen LogP contribution in [-0.2, 0) is 9.59 Å². The molecule has 2 N–H and O–H groups in total. The molecule has 1 fully saturated rings. The molecule has 6 heteroatoms. The van der Waals surface area contributed by atoms with E-state index < -0.39 is 29.5 Å². The van der Waals surface area contributed by atoms with Gasteiger partial charge in [-0.25, -0.2) is 4.39 Å². The average molecular weight is 286 g/mol. The molecule has 1 amide bonds. The van der Waals surface area contributed by atoms with Gasteiger partial charge in [0.1, 0.15) is 5.82 Å². The van der Waals surface area contributed by atoms with Crippen LogP contribution < -0.4 is 5.32 Å². The summed E-state index contributed by atoms with van der Waals surface area (Å²) in [5.74, 6) is -3.14. The van der Waals surface area contributed by atoms with E-state index in [1.807, 2.05) is 0 Å². The largest absolute Gasteiger partial charge is 0.481 e. The van der Waals surface area contributed by atoms with Gasteiger partial charge in [0.15, 0.2) is 0 Å². The number of carboxylic acid groups (broad SMARTS) is 1. The van der Waals surface area contributed by atoms with E-state index in [4.69, 9.17) is 16.7 Å². The normalized spacial score (nSPS) is 22.2. The van der Waals surface area contributed by atoms with Crippen molar-refractivity contribution in [2.45, 2.75) is 19.3 Å². The number of amides is 1. The second-order valence-electron chi connectivity index (χ2n) is 4.63. The standard InChI is InChI=1S/C13H13ClFNO3/c14-7-4-8(15)6-9(5-7)16-12(17)10-2-1-3-11(10)13(18)19/h4-6,10-11H,1-3H2,(H,16,17)(H,18,19). The number of carboxylic acids is 1. The topological polar surface area (TPSA) is 66.4 Å². The molecule has 0 saturated heterocycles. The van der Waals surface area contributed by atoms with Crippen molar-refractivity contribution in [3.8, 4) is 0 Å². The molecule has 1 aromatic rings. The molecule has 1 aliphatic carbocycles. The van der Waals surface area contributed by atoms with Crippen molar-refractivity contribution >= 4 is 29.2 Å². The fourth-order valence-corrected chi connectivity index (χ4v) is 2.65. The maximum atomic E-state index is 13.1. The summed E-state index contributed by atoms with van der Waals surface area (Å²) in [6, 6.07) is 3.70. The highest BCUT2D eigenvalue weighted by Gasteiger charge is 2.37. The van der Waals surface area contributed by atoms with E-state index in [2.05, 4.69) is 5.32 Å². The van der Waals surface area contributed by atoms with Gasteiger partial charge in [-0.05, 0) is 31.0 Å². The quantitative estimate of drug-likeness (QED) is 0.897. The first-order valence-electron chi connectivity index (χ1n) is 5.97. The molecular formula is C13H13ClFNO3. The van der Waals surface area contributed by atoms with Crippen molar-refractivity contribution in [3.63, 3.8) is 0 Å². The lowest BCUT2D eigenvalue weighted by Gasteiger charge is -2.15. The lowest BCUT2D eigenvalue weighted by atomic mass is 9.95. The van der Waals surface area contributed by atoms with Gasteiger partial charge >= 0.3 is 5.97 Å². The molecule has 19 heavy (non-hydrogen) atoms. The number of hydrogen-bond donors (Lipinski definition) is 2. The first-order valence-corrected chi connectivity index (χ1v) is 6.35. The van der Waals surface area contributed by atoms with Gasteiger partial charge in [0, 0.05) is 10.7 Å². The van der Waals surface area contributed by atoms with Crippen molar-refractivity contribution in [2.24, 2.45) is 11.8 Å². The van der Waals surface area contributed by atoms with Crippen molar-refractivity contribution < 1.29 is 19.1 Å². The van der Waals surface area contributed by atoms with Crippen LogP contribution in [0.25, 0.3) is 0 Å². The Hall–Kier alpha value is -1.62. The van der Waals surface area contributed by atoms with E-state index in [9.17, 15) is 14.0 Å². The summed E-state index contributed by atoms with van der Waals surface area (Å²) in [6.45, 7) is 0. The molecule has 1 saturated carbocycles. The molecule has 1 aliphatic rings. The van der Waals surface area contributed by atoms with Gasteiger partial charge in [-0.2, -0.15) is 0 Å². The van der Waals surface area contributed by atoms with Crippen LogP contribution in [0.15, 0.2) is 18.2 Å². The van der Waals surface area contributed by atoms with Crippen molar-refractivity contribution in [1.29, 1.82) is 0 Å². The third kappa shape index (κ3) is 3.23. The molecule has 2 unspecified atom stereocenters. The number of carbonyl (C=O) groups excluding carboxylic acids is 1. The zero-order chi connectivity index (χ0) is 14.0. The Kier molecular flexibility index (Phi) is 4.04. The molecule has 0 bridgehead atoms. The fraction of sp³-hybridized carbons (Fsp3) is 0.385. The van der Waals surface area contributed by atoms with Gasteiger partial charge < -0.3 is 10.4 Å². The van der Waals surface area contributed by atoms with Crippen LogP contribution in [0.2, 0.25) is 5.02 Å². The summed E-state index contributed by atoms with van der Waals surface area (Å²) < 4.78 is 13.1. The Bertz CT molecular complexity index is 500. The summed E-state index contributed by atoms with van der Waals surface area (Å²) >= 11 is 5.69. The second-order valence-corrected chi connectivity index (χ2v) is 5.07. The smallest absolute Gasteiger partial charge is 0.307 e. The third-order valence-electron chi connectivity index (χ3n) is 3.30. The minimum Gasteiger partial charge on any atom is -0.481 e. The highest BCUT2D eigenvalue weighted by molar-refractivity contribution is 6.30. The number of anilines is 1. The lowest BCUT2D eigenvalue weighted by Crippen LogP contribution is -2.30. The minimum atomic E-state index is -0.963. The Morgan fingerprint density at radius 2 is 1.95 bits per heavy atom. The summed E-state index contributed by atoms with van der Waals surface area (Å²) in [4.78, 5) is 23.0. The molecule has 0 radical (unpaired) electrons. The lowest BCUT2D eigenvalue weighted by molar-refractivity contribution is -0.145. The molecular weight excluding hydrogens is 273 g/mol. The third-order valence-corrected chi connectivity index (χ3v) is 3.52. The molecule has 0 spiro atoms. The fourth-order valence-electron chi connectivity index (χ4n) is 2.43. The molecule has 102 valence electrons. The molecule has 2 rings (SSSR count). The summed E-state index contributed by atoms with van der Waals surface area (Å²) in [5.41, 5.74) is 0.242. The molecule has 4 nitrogen and oxygen atoms in total. The van der Waals surface area contributed by atoms with Gasteiger partial charge in [0.05, 0.1) is 11.8 Å². The molecule has 0 heterocycles. The van der Waals surface area contributed by atoms with Crippen LogP contribution in [0, 0.1) is 17.7 Å². The number of hydrogen-bond acceptors (Lipinski definition) is 2. The maximum absolute atomic E-state index is 13.1. The number of halogens is 2. The Labute approximate surface area is 114 Å². The predicted octanol–water partition coefficient (Wildman–Crippen LogP) is 2.92. The zero-order valence-electron chi connectivity index (χ0n) is 10.0. The van der Waals surface area contributed by atoms with Crippen LogP contribution in [-0.4, -0.2) is 17.0 Å². The summed E-state index contributed by atoms with van der Waals surface area (Å²) in [6.07, 6.45) is 1.74. The Balaban J connectivity index is 2.10. The van der Waals surface area contributed by atoms with Crippen LogP contribution in [0.3, 0.4) is 0 Å². The van der Waals surface area contributed by atoms with Crippen molar-refractivity contribution in [1.82, 2.24) is 0 Å². The first kappa shape index (κ1) is 13.8. The van der Waals surface area contributed by atoms with E-state index in [0.29, 0.717) is 19.3 Å². The minimum absolute atomic E-state index is 0.177. The van der Waals surface area contributed by atoms with E-state index >= 15 is 0 Å². The Morgan fingerprint density at radius 3 is 2.58 bits per heavy atom. The number of rotatable bonds is 3. The van der Waals surface area contributed by atoms with Gasteiger partial charge in [0.2, 0.25) is 5.91 Å². The monoisotopic (exact) mass is 285 g/mol. The Morgan fingerprint density at radius 1 is 1.26 bits per heavy atom. The van der Waals surface area contributed by atoms with Gasteiger partial charge in [-0.1, -0.05) is 18.0 Å². The van der Waals surface area contributed by atoms with Crippen LogP contribution in [0.4, 0.5) is 10.1 Å². The van der Waals surface area contributed by atoms with Crippen molar-refractivity contribution in [3.05, 3.63) is 29.0 Å². The summed E-state index contributed by atoms with van der Waals surface area (Å²) in [7, 11) is 0. The van der Waals surface area contributed by atoms with E-state index in [1.54, 1.807) is 0 Å². The van der Waals surface area contributed by atoms with Gasteiger partial charge in [-0.15, -0.1) is 0 Å². The van der Waals surface area contributed by atoms with Gasteiger partial charge in [0.25, 0.3) is 0 Å². The SMILES string of the molecule is O=C(O)C1CCCC1C(=O)Nc1cc(F)cc(Cl)c1. The second kappa shape index (κ2) is 5.57. The van der Waals surface area contributed by atoms with Crippen LogP contribution >= 0.6 is 11.6 Å². The maximum Gasteiger partial charge on any atom is 0.307 e. The highest BCUT2D eigenvalue weighted by atomic mass is 35.5. The molecule has 2 atom stereocenters. The number of carbonyl (C=O) groups is 2. The van der Waals surface area contributed by atoms with Gasteiger partial charge in [-0.3, -0.25) is 9.59 Å².